The Bertz CT molecular complexity index is 910. The number of rotatable bonds is 9. The number of benzene rings is 2. The van der Waals surface area contributed by atoms with E-state index in [9.17, 15) is 0 Å². The van der Waals surface area contributed by atoms with Crippen molar-refractivity contribution in [2.75, 3.05) is 6.54 Å². The number of H-pyrrole nitrogens is 1. The molecule has 3 rings (SSSR count). The monoisotopic (exact) mass is 360 g/mol. The van der Waals surface area contributed by atoms with Crippen LogP contribution < -0.4 is 10.1 Å². The Hall–Kier alpha value is -3.10. The number of nitrogens with one attached hydrogen (secondary N) is 2. The summed E-state index contributed by atoms with van der Waals surface area (Å²) in [5.41, 5.74) is 5.28. The van der Waals surface area contributed by atoms with Crippen LogP contribution in [0.2, 0.25) is 0 Å². The van der Waals surface area contributed by atoms with Gasteiger partial charge in [-0.1, -0.05) is 24.3 Å². The second-order valence-corrected chi connectivity index (χ2v) is 6.55. The van der Waals surface area contributed by atoms with E-state index in [0.29, 0.717) is 12.2 Å². The number of ether oxygens (including phenoxy) is 1. The van der Waals surface area contributed by atoms with Crippen molar-refractivity contribution in [3.63, 3.8) is 0 Å². The van der Waals surface area contributed by atoms with Gasteiger partial charge in [-0.25, -0.2) is 0 Å². The highest BCUT2D eigenvalue weighted by Crippen LogP contribution is 2.16. The van der Waals surface area contributed by atoms with Gasteiger partial charge in [0.25, 0.3) is 0 Å². The minimum absolute atomic E-state index is 0.455. The summed E-state index contributed by atoms with van der Waals surface area (Å²) in [5, 5.41) is 19.5. The van der Waals surface area contributed by atoms with Crippen LogP contribution in [0.25, 0.3) is 0 Å². The number of hydrogen-bond donors (Lipinski definition) is 2. The van der Waals surface area contributed by atoms with E-state index in [4.69, 9.17) is 10.00 Å². The first-order chi connectivity index (χ1) is 13.2. The molecular formula is C22H24N4O. The summed E-state index contributed by atoms with van der Waals surface area (Å²) in [7, 11) is 0. The van der Waals surface area contributed by atoms with Gasteiger partial charge in [0.1, 0.15) is 12.4 Å². The summed E-state index contributed by atoms with van der Waals surface area (Å²) in [5.74, 6) is 0.839. The molecule has 0 saturated heterocycles. The molecule has 1 heterocycles. The summed E-state index contributed by atoms with van der Waals surface area (Å²) in [6, 6.07) is 17.8. The zero-order valence-corrected chi connectivity index (χ0v) is 15.5. The van der Waals surface area contributed by atoms with Crippen molar-refractivity contribution >= 4 is 0 Å². The second-order valence-electron chi connectivity index (χ2n) is 6.55. The van der Waals surface area contributed by atoms with E-state index < -0.39 is 0 Å². The van der Waals surface area contributed by atoms with Gasteiger partial charge < -0.3 is 10.1 Å². The number of nitriles is 1. The minimum Gasteiger partial charge on any atom is -0.489 e. The molecule has 138 valence electrons. The number of nitrogens with zero attached hydrogens (tertiary/aromatic N) is 2. The van der Waals surface area contributed by atoms with Crippen molar-refractivity contribution in [1.29, 1.82) is 5.26 Å². The number of aryl methyl sites for hydroxylation is 2. The van der Waals surface area contributed by atoms with Crippen LogP contribution in [0.15, 0.2) is 54.7 Å². The fraction of sp³-hybridized carbons (Fsp3) is 0.273. The molecule has 3 aromatic rings. The fourth-order valence-electron chi connectivity index (χ4n) is 2.91. The molecular weight excluding hydrogens is 336 g/mol. The summed E-state index contributed by atoms with van der Waals surface area (Å²) >= 11 is 0. The van der Waals surface area contributed by atoms with Crippen LogP contribution in [0.1, 0.15) is 34.4 Å². The van der Waals surface area contributed by atoms with Crippen LogP contribution in [0.5, 0.6) is 5.75 Å². The molecule has 0 saturated carbocycles. The molecule has 5 nitrogen and oxygen atoms in total. The van der Waals surface area contributed by atoms with Crippen molar-refractivity contribution in [3.05, 3.63) is 82.7 Å². The van der Waals surface area contributed by atoms with E-state index in [-0.39, 0.29) is 0 Å². The third-order valence-corrected chi connectivity index (χ3v) is 4.42. The van der Waals surface area contributed by atoms with Crippen LogP contribution >= 0.6 is 0 Å². The molecule has 0 aliphatic carbocycles. The smallest absolute Gasteiger partial charge is 0.120 e. The summed E-state index contributed by atoms with van der Waals surface area (Å²) in [6.45, 7) is 4.27. The largest absolute Gasteiger partial charge is 0.489 e. The highest BCUT2D eigenvalue weighted by atomic mass is 16.5. The average Bonchev–Trinajstić information content (AvgIpc) is 3.11. The van der Waals surface area contributed by atoms with Gasteiger partial charge in [0.05, 0.1) is 17.8 Å². The first-order valence-electron chi connectivity index (χ1n) is 9.15. The van der Waals surface area contributed by atoms with Crippen LogP contribution in [0.3, 0.4) is 0 Å². The summed E-state index contributed by atoms with van der Waals surface area (Å²) in [6.07, 6.45) is 4.01. The maximum Gasteiger partial charge on any atom is 0.120 e. The Balaban J connectivity index is 1.43. The molecule has 2 N–H and O–H groups in total. The van der Waals surface area contributed by atoms with Gasteiger partial charge >= 0.3 is 0 Å². The Morgan fingerprint density at radius 1 is 1.15 bits per heavy atom. The zero-order chi connectivity index (χ0) is 18.9. The molecule has 0 radical (unpaired) electrons. The number of aromatic amines is 1. The molecule has 0 aliphatic rings. The third kappa shape index (κ3) is 5.70. The van der Waals surface area contributed by atoms with Crippen molar-refractivity contribution in [1.82, 2.24) is 15.5 Å². The Labute approximate surface area is 160 Å². The SMILES string of the molecule is Cc1[nH]ncc1CCCNCc1cccc(OCc2cccc(C#N)c2)c1. The van der Waals surface area contributed by atoms with Gasteiger partial charge in [-0.3, -0.25) is 5.10 Å². The Kier molecular flexibility index (Phi) is 6.61. The van der Waals surface area contributed by atoms with Crippen LogP contribution in [0, 0.1) is 18.3 Å². The van der Waals surface area contributed by atoms with Gasteiger partial charge in [0.15, 0.2) is 0 Å². The van der Waals surface area contributed by atoms with Gasteiger partial charge in [0.2, 0.25) is 0 Å². The van der Waals surface area contributed by atoms with E-state index in [1.807, 2.05) is 36.5 Å². The van der Waals surface area contributed by atoms with Crippen LogP contribution in [-0.2, 0) is 19.6 Å². The molecule has 0 spiro atoms. The standard InChI is InChI=1S/C22H24N4O/c1-17-21(15-25-26-17)8-4-10-24-14-19-6-3-9-22(12-19)27-16-20-7-2-5-18(11-20)13-23/h2-3,5-7,9,11-12,15,24H,4,8,10,14,16H2,1H3,(H,25,26). The maximum atomic E-state index is 8.97. The normalized spacial score (nSPS) is 10.5. The molecule has 1 aromatic heterocycles. The highest BCUT2D eigenvalue weighted by Gasteiger charge is 2.01. The highest BCUT2D eigenvalue weighted by molar-refractivity contribution is 5.33. The molecule has 0 bridgehead atoms. The molecule has 0 unspecified atom stereocenters. The first-order valence-corrected chi connectivity index (χ1v) is 9.15. The number of hydrogen-bond acceptors (Lipinski definition) is 4. The predicted octanol–water partition coefficient (Wildman–Crippen LogP) is 3.89. The van der Waals surface area contributed by atoms with Gasteiger partial charge in [-0.15, -0.1) is 0 Å². The van der Waals surface area contributed by atoms with E-state index in [1.165, 1.54) is 11.1 Å². The van der Waals surface area contributed by atoms with Crippen molar-refractivity contribution < 1.29 is 4.74 Å². The first kappa shape index (κ1) is 18.7. The minimum atomic E-state index is 0.455. The quantitative estimate of drug-likeness (QED) is 0.568. The van der Waals surface area contributed by atoms with Crippen LogP contribution in [0.4, 0.5) is 0 Å². The Morgan fingerprint density at radius 3 is 2.81 bits per heavy atom. The lowest BCUT2D eigenvalue weighted by Crippen LogP contribution is -2.15. The summed E-state index contributed by atoms with van der Waals surface area (Å²) < 4.78 is 5.87. The molecule has 2 aromatic carbocycles. The van der Waals surface area contributed by atoms with E-state index in [1.54, 1.807) is 6.07 Å². The predicted molar refractivity (Wildman–Crippen MR) is 105 cm³/mol. The molecule has 0 atom stereocenters. The van der Waals surface area contributed by atoms with Crippen molar-refractivity contribution in [3.8, 4) is 11.8 Å². The van der Waals surface area contributed by atoms with Gasteiger partial charge in [-0.05, 0) is 67.3 Å². The lowest BCUT2D eigenvalue weighted by atomic mass is 10.1. The molecule has 5 heteroatoms. The second kappa shape index (κ2) is 9.56. The fourth-order valence-corrected chi connectivity index (χ4v) is 2.91. The average molecular weight is 360 g/mol. The zero-order valence-electron chi connectivity index (χ0n) is 15.5. The van der Waals surface area contributed by atoms with E-state index in [0.717, 1.165) is 42.9 Å². The van der Waals surface area contributed by atoms with Crippen molar-refractivity contribution in [2.24, 2.45) is 0 Å². The topological polar surface area (TPSA) is 73.7 Å². The lowest BCUT2D eigenvalue weighted by molar-refractivity contribution is 0.306. The molecule has 0 aliphatic heterocycles. The third-order valence-electron chi connectivity index (χ3n) is 4.42. The molecule has 0 fully saturated rings. The van der Waals surface area contributed by atoms with Gasteiger partial charge in [0, 0.05) is 12.2 Å². The Morgan fingerprint density at radius 2 is 2.00 bits per heavy atom. The summed E-state index contributed by atoms with van der Waals surface area (Å²) in [4.78, 5) is 0. The molecule has 0 amide bonds. The van der Waals surface area contributed by atoms with Gasteiger partial charge in [-0.2, -0.15) is 10.4 Å². The maximum absolute atomic E-state index is 8.97. The van der Waals surface area contributed by atoms with Crippen molar-refractivity contribution in [2.45, 2.75) is 32.9 Å². The lowest BCUT2D eigenvalue weighted by Gasteiger charge is -2.09. The van der Waals surface area contributed by atoms with E-state index >= 15 is 0 Å². The number of aromatic nitrogens is 2. The van der Waals surface area contributed by atoms with E-state index in [2.05, 4.69) is 40.6 Å². The van der Waals surface area contributed by atoms with Crippen LogP contribution in [-0.4, -0.2) is 16.7 Å². The molecule has 27 heavy (non-hydrogen) atoms.